The molecular weight excluding hydrogens is 238 g/mol. The van der Waals surface area contributed by atoms with Crippen molar-refractivity contribution in [3.05, 3.63) is 35.4 Å². The van der Waals surface area contributed by atoms with E-state index in [-0.39, 0.29) is 12.4 Å². The Morgan fingerprint density at radius 1 is 1.29 bits per heavy atom. The molecule has 0 saturated carbocycles. The van der Waals surface area contributed by atoms with Crippen molar-refractivity contribution in [1.82, 2.24) is 24.9 Å². The van der Waals surface area contributed by atoms with Gasteiger partial charge >= 0.3 is 0 Å². The molecule has 0 aliphatic rings. The molecular formula is C11H18ClN5. The van der Waals surface area contributed by atoms with E-state index in [9.17, 15) is 0 Å². The largest absolute Gasteiger partial charge is 0.307 e. The molecule has 0 aromatic carbocycles. The number of hydrogen-bond donors (Lipinski definition) is 1. The Hall–Kier alpha value is -1.33. The predicted molar refractivity (Wildman–Crippen MR) is 68.9 cm³/mol. The third-order valence-corrected chi connectivity index (χ3v) is 2.73. The molecule has 0 radical (unpaired) electrons. The number of hydrogen-bond acceptors (Lipinski definition) is 3. The maximum atomic E-state index is 4.30. The predicted octanol–water partition coefficient (Wildman–Crippen LogP) is 1.17. The summed E-state index contributed by atoms with van der Waals surface area (Å²) in [5, 5.41) is 11.9. The highest BCUT2D eigenvalue weighted by Gasteiger charge is 2.03. The monoisotopic (exact) mass is 255 g/mol. The first-order chi connectivity index (χ1) is 7.66. The minimum absolute atomic E-state index is 0. The lowest BCUT2D eigenvalue weighted by atomic mass is 10.2. The van der Waals surface area contributed by atoms with Crippen LogP contribution in [-0.2, 0) is 27.2 Å². The quantitative estimate of drug-likeness (QED) is 0.892. The number of aryl methyl sites for hydroxylation is 2. The molecule has 2 aromatic rings. The molecule has 5 nitrogen and oxygen atoms in total. The van der Waals surface area contributed by atoms with Gasteiger partial charge in [-0.05, 0) is 13.0 Å². The summed E-state index contributed by atoms with van der Waals surface area (Å²) >= 11 is 0. The van der Waals surface area contributed by atoms with Crippen LogP contribution in [0.1, 0.15) is 17.0 Å². The minimum Gasteiger partial charge on any atom is -0.307 e. The van der Waals surface area contributed by atoms with Gasteiger partial charge in [-0.25, -0.2) is 0 Å². The molecule has 0 amide bonds. The SMILES string of the molecule is Cc1c(CNCc2ccn(C)n2)cnn1C.Cl. The average molecular weight is 256 g/mol. The summed E-state index contributed by atoms with van der Waals surface area (Å²) in [6, 6.07) is 2.02. The molecule has 2 aromatic heterocycles. The van der Waals surface area contributed by atoms with Crippen LogP contribution in [0, 0.1) is 6.92 Å². The van der Waals surface area contributed by atoms with Crippen LogP contribution in [-0.4, -0.2) is 19.6 Å². The number of aromatic nitrogens is 4. The summed E-state index contributed by atoms with van der Waals surface area (Å²) in [4.78, 5) is 0. The van der Waals surface area contributed by atoms with Gasteiger partial charge in [-0.1, -0.05) is 0 Å². The lowest BCUT2D eigenvalue weighted by molar-refractivity contribution is 0.652. The number of nitrogens with one attached hydrogen (secondary N) is 1. The van der Waals surface area contributed by atoms with E-state index in [0.717, 1.165) is 18.8 Å². The van der Waals surface area contributed by atoms with E-state index in [1.54, 1.807) is 0 Å². The van der Waals surface area contributed by atoms with E-state index >= 15 is 0 Å². The molecule has 6 heteroatoms. The highest BCUT2D eigenvalue weighted by molar-refractivity contribution is 5.85. The van der Waals surface area contributed by atoms with Gasteiger partial charge in [0.2, 0.25) is 0 Å². The van der Waals surface area contributed by atoms with Crippen molar-refractivity contribution in [2.24, 2.45) is 14.1 Å². The van der Waals surface area contributed by atoms with Crippen LogP contribution in [0.2, 0.25) is 0 Å². The van der Waals surface area contributed by atoms with Crippen molar-refractivity contribution in [3.63, 3.8) is 0 Å². The van der Waals surface area contributed by atoms with E-state index in [1.807, 2.05) is 41.9 Å². The fourth-order valence-electron chi connectivity index (χ4n) is 1.60. The summed E-state index contributed by atoms with van der Waals surface area (Å²) in [6.45, 7) is 3.69. The first kappa shape index (κ1) is 13.7. The van der Waals surface area contributed by atoms with Gasteiger partial charge in [-0.2, -0.15) is 10.2 Å². The second-order valence-electron chi connectivity index (χ2n) is 3.96. The van der Waals surface area contributed by atoms with Crippen molar-refractivity contribution in [2.45, 2.75) is 20.0 Å². The first-order valence-electron chi connectivity index (χ1n) is 5.33. The van der Waals surface area contributed by atoms with Gasteiger partial charge in [0, 0.05) is 44.6 Å². The molecule has 1 N–H and O–H groups in total. The maximum absolute atomic E-state index is 4.30. The van der Waals surface area contributed by atoms with Crippen molar-refractivity contribution < 1.29 is 0 Å². The summed E-state index contributed by atoms with van der Waals surface area (Å²) in [5.41, 5.74) is 3.50. The Balaban J connectivity index is 0.00000144. The summed E-state index contributed by atoms with van der Waals surface area (Å²) in [7, 11) is 3.88. The Morgan fingerprint density at radius 2 is 2.06 bits per heavy atom. The topological polar surface area (TPSA) is 47.7 Å². The smallest absolute Gasteiger partial charge is 0.0762 e. The number of nitrogens with zero attached hydrogens (tertiary/aromatic N) is 4. The number of halogens is 1. The van der Waals surface area contributed by atoms with Crippen LogP contribution >= 0.6 is 12.4 Å². The molecule has 0 fully saturated rings. The lowest BCUT2D eigenvalue weighted by Gasteiger charge is -2.02. The van der Waals surface area contributed by atoms with Crippen LogP contribution in [0.3, 0.4) is 0 Å². The fraction of sp³-hybridized carbons (Fsp3) is 0.455. The standard InChI is InChI=1S/C11H17N5.ClH/c1-9-10(7-13-16(9)3)6-12-8-11-4-5-15(2)14-11;/h4-5,7,12H,6,8H2,1-3H3;1H. The summed E-state index contributed by atoms with van der Waals surface area (Å²) < 4.78 is 3.70. The Bertz CT molecular complexity index is 474. The third-order valence-electron chi connectivity index (χ3n) is 2.73. The average Bonchev–Trinajstić information content (AvgIpc) is 2.79. The van der Waals surface area contributed by atoms with Crippen molar-refractivity contribution >= 4 is 12.4 Å². The highest BCUT2D eigenvalue weighted by atomic mass is 35.5. The van der Waals surface area contributed by atoms with Crippen LogP contribution in [0.5, 0.6) is 0 Å². The molecule has 2 rings (SSSR count). The van der Waals surface area contributed by atoms with Gasteiger partial charge in [0.15, 0.2) is 0 Å². The molecule has 2 heterocycles. The number of rotatable bonds is 4. The van der Waals surface area contributed by atoms with Crippen LogP contribution < -0.4 is 5.32 Å². The second-order valence-corrected chi connectivity index (χ2v) is 3.96. The fourth-order valence-corrected chi connectivity index (χ4v) is 1.60. The Labute approximate surface area is 107 Å². The normalized spacial score (nSPS) is 10.3. The van der Waals surface area contributed by atoms with Gasteiger partial charge in [-0.3, -0.25) is 9.36 Å². The van der Waals surface area contributed by atoms with Crippen LogP contribution in [0.15, 0.2) is 18.5 Å². The zero-order valence-electron chi connectivity index (χ0n) is 10.3. The van der Waals surface area contributed by atoms with E-state index in [1.165, 1.54) is 11.3 Å². The minimum atomic E-state index is 0. The second kappa shape index (κ2) is 5.84. The molecule has 0 atom stereocenters. The summed E-state index contributed by atoms with van der Waals surface area (Å²) in [5.74, 6) is 0. The van der Waals surface area contributed by atoms with Crippen molar-refractivity contribution in [1.29, 1.82) is 0 Å². The van der Waals surface area contributed by atoms with Gasteiger partial charge < -0.3 is 5.32 Å². The Kier molecular flexibility index (Phi) is 4.72. The van der Waals surface area contributed by atoms with Crippen LogP contribution in [0.25, 0.3) is 0 Å². The maximum Gasteiger partial charge on any atom is 0.0762 e. The molecule has 0 aliphatic heterocycles. The van der Waals surface area contributed by atoms with E-state index in [0.29, 0.717) is 0 Å². The van der Waals surface area contributed by atoms with E-state index in [2.05, 4.69) is 22.4 Å². The first-order valence-corrected chi connectivity index (χ1v) is 5.33. The van der Waals surface area contributed by atoms with Crippen molar-refractivity contribution in [3.8, 4) is 0 Å². The molecule has 0 aliphatic carbocycles. The molecule has 0 unspecified atom stereocenters. The lowest BCUT2D eigenvalue weighted by Crippen LogP contribution is -2.13. The zero-order chi connectivity index (χ0) is 11.5. The van der Waals surface area contributed by atoms with Gasteiger partial charge in [0.05, 0.1) is 11.9 Å². The molecule has 0 saturated heterocycles. The molecule has 94 valence electrons. The zero-order valence-corrected chi connectivity index (χ0v) is 11.2. The highest BCUT2D eigenvalue weighted by Crippen LogP contribution is 2.05. The van der Waals surface area contributed by atoms with Gasteiger partial charge in [0.25, 0.3) is 0 Å². The van der Waals surface area contributed by atoms with Crippen molar-refractivity contribution in [2.75, 3.05) is 0 Å². The molecule has 17 heavy (non-hydrogen) atoms. The van der Waals surface area contributed by atoms with E-state index < -0.39 is 0 Å². The van der Waals surface area contributed by atoms with Gasteiger partial charge in [-0.15, -0.1) is 12.4 Å². The van der Waals surface area contributed by atoms with Gasteiger partial charge in [0.1, 0.15) is 0 Å². The van der Waals surface area contributed by atoms with E-state index in [4.69, 9.17) is 0 Å². The molecule has 0 bridgehead atoms. The summed E-state index contributed by atoms with van der Waals surface area (Å²) in [6.07, 6.45) is 3.85. The van der Waals surface area contributed by atoms with Crippen LogP contribution in [0.4, 0.5) is 0 Å². The molecule has 0 spiro atoms. The third kappa shape index (κ3) is 3.31. The Morgan fingerprint density at radius 3 is 2.59 bits per heavy atom.